The number of nitrogens with one attached hydrogen (secondary N) is 1. The van der Waals surface area contributed by atoms with E-state index in [1.165, 1.54) is 0 Å². The van der Waals surface area contributed by atoms with Gasteiger partial charge in [-0.05, 0) is 26.4 Å². The van der Waals surface area contributed by atoms with Crippen LogP contribution in [-0.4, -0.2) is 29.2 Å². The van der Waals surface area contributed by atoms with Crippen molar-refractivity contribution in [2.24, 2.45) is 7.05 Å². The van der Waals surface area contributed by atoms with Gasteiger partial charge in [-0.1, -0.05) is 18.5 Å². The van der Waals surface area contributed by atoms with E-state index in [4.69, 9.17) is 11.6 Å². The van der Waals surface area contributed by atoms with Crippen LogP contribution in [0.15, 0.2) is 0 Å². The van der Waals surface area contributed by atoms with Gasteiger partial charge in [0.1, 0.15) is 5.78 Å². The molecule has 0 saturated heterocycles. The third-order valence-electron chi connectivity index (χ3n) is 2.75. The molecule has 1 N–H and O–H groups in total. The van der Waals surface area contributed by atoms with Crippen LogP contribution >= 0.6 is 11.6 Å². The maximum Gasteiger partial charge on any atom is 0.138 e. The number of nitrogens with zero attached hydrogens (tertiary/aromatic N) is 2. The Bertz CT molecular complexity index is 387. The fourth-order valence-corrected chi connectivity index (χ4v) is 2.11. The molecule has 4 nitrogen and oxygen atoms in total. The number of hydrogen-bond donors (Lipinski definition) is 1. The lowest BCUT2D eigenvalue weighted by Gasteiger charge is -2.02. The molecule has 0 spiro atoms. The number of ketones is 1. The maximum absolute atomic E-state index is 11.8. The van der Waals surface area contributed by atoms with E-state index in [2.05, 4.69) is 10.4 Å². The summed E-state index contributed by atoms with van der Waals surface area (Å²) in [7, 11) is 3.72. The third kappa shape index (κ3) is 3.82. The van der Waals surface area contributed by atoms with E-state index in [-0.39, 0.29) is 5.78 Å². The molecule has 0 atom stereocenters. The van der Waals surface area contributed by atoms with Crippen LogP contribution < -0.4 is 5.32 Å². The lowest BCUT2D eigenvalue weighted by atomic mass is 10.1. The predicted octanol–water partition coefficient (Wildman–Crippen LogP) is 1.75. The van der Waals surface area contributed by atoms with E-state index in [1.54, 1.807) is 4.68 Å². The van der Waals surface area contributed by atoms with Gasteiger partial charge in [-0.2, -0.15) is 5.10 Å². The van der Waals surface area contributed by atoms with E-state index in [9.17, 15) is 4.79 Å². The van der Waals surface area contributed by atoms with Crippen molar-refractivity contribution in [3.63, 3.8) is 0 Å². The first-order valence-electron chi connectivity index (χ1n) is 5.96. The van der Waals surface area contributed by atoms with Crippen molar-refractivity contribution in [3.8, 4) is 0 Å². The highest BCUT2D eigenvalue weighted by Gasteiger charge is 2.15. The molecular weight excluding hydrogens is 238 g/mol. The largest absolute Gasteiger partial charge is 0.320 e. The van der Waals surface area contributed by atoms with Crippen LogP contribution in [-0.2, 0) is 24.7 Å². The lowest BCUT2D eigenvalue weighted by Crippen LogP contribution is -2.12. The van der Waals surface area contributed by atoms with Crippen LogP contribution in [0, 0.1) is 0 Å². The van der Waals surface area contributed by atoms with Crippen LogP contribution in [0.2, 0.25) is 5.02 Å². The highest BCUT2D eigenvalue weighted by molar-refractivity contribution is 6.32. The minimum atomic E-state index is 0.216. The second kappa shape index (κ2) is 6.77. The van der Waals surface area contributed by atoms with Crippen molar-refractivity contribution >= 4 is 17.4 Å². The zero-order valence-corrected chi connectivity index (χ0v) is 11.5. The van der Waals surface area contributed by atoms with Crippen LogP contribution in [0.5, 0.6) is 0 Å². The SMILES string of the molecule is CCc1nn(C)c(CC(=O)CCCNC)c1Cl. The fourth-order valence-electron chi connectivity index (χ4n) is 1.75. The Balaban J connectivity index is 2.62. The molecule has 17 heavy (non-hydrogen) atoms. The predicted molar refractivity (Wildman–Crippen MR) is 69.5 cm³/mol. The molecule has 1 aromatic rings. The molecule has 1 heterocycles. The first-order valence-corrected chi connectivity index (χ1v) is 6.34. The van der Waals surface area contributed by atoms with Crippen molar-refractivity contribution in [1.29, 1.82) is 0 Å². The summed E-state index contributed by atoms with van der Waals surface area (Å²) in [6, 6.07) is 0. The minimum Gasteiger partial charge on any atom is -0.320 e. The molecule has 0 unspecified atom stereocenters. The fraction of sp³-hybridized carbons (Fsp3) is 0.667. The molecule has 0 aliphatic carbocycles. The molecule has 0 amide bonds. The van der Waals surface area contributed by atoms with Crippen molar-refractivity contribution in [2.75, 3.05) is 13.6 Å². The molecule has 1 rings (SSSR count). The summed E-state index contributed by atoms with van der Waals surface area (Å²) in [5, 5.41) is 7.98. The van der Waals surface area contributed by atoms with Crippen LogP contribution in [0.1, 0.15) is 31.2 Å². The van der Waals surface area contributed by atoms with Gasteiger partial charge in [0.2, 0.25) is 0 Å². The van der Waals surface area contributed by atoms with Crippen LogP contribution in [0.4, 0.5) is 0 Å². The number of halogens is 1. The summed E-state index contributed by atoms with van der Waals surface area (Å²) in [5.41, 5.74) is 1.70. The van der Waals surface area contributed by atoms with Gasteiger partial charge in [0.15, 0.2) is 0 Å². The molecule has 5 heteroatoms. The first-order chi connectivity index (χ1) is 8.10. The van der Waals surface area contributed by atoms with E-state index in [0.717, 1.165) is 30.8 Å². The number of rotatable bonds is 7. The smallest absolute Gasteiger partial charge is 0.138 e. The van der Waals surface area contributed by atoms with Crippen LogP contribution in [0.3, 0.4) is 0 Å². The highest BCUT2D eigenvalue weighted by atomic mass is 35.5. The number of carbonyl (C=O) groups is 1. The van der Waals surface area contributed by atoms with E-state index >= 15 is 0 Å². The second-order valence-electron chi connectivity index (χ2n) is 4.11. The van der Waals surface area contributed by atoms with Gasteiger partial charge in [0.05, 0.1) is 16.4 Å². The zero-order chi connectivity index (χ0) is 12.8. The molecule has 0 aliphatic rings. The molecule has 0 aliphatic heterocycles. The summed E-state index contributed by atoms with van der Waals surface area (Å²) >= 11 is 6.19. The Labute approximate surface area is 107 Å². The standard InChI is InChI=1S/C12H20ClN3O/c1-4-10-12(13)11(16(3)15-10)8-9(17)6-5-7-14-2/h14H,4-8H2,1-3H3. The molecule has 1 aromatic heterocycles. The molecule has 0 fully saturated rings. The molecular formula is C12H20ClN3O. The van der Waals surface area contributed by atoms with Crippen molar-refractivity contribution in [1.82, 2.24) is 15.1 Å². The van der Waals surface area contributed by atoms with Crippen molar-refractivity contribution in [3.05, 3.63) is 16.4 Å². The monoisotopic (exact) mass is 257 g/mol. The summed E-state index contributed by atoms with van der Waals surface area (Å²) in [5.74, 6) is 0.216. The average Bonchev–Trinajstić information content (AvgIpc) is 2.57. The number of hydrogen-bond acceptors (Lipinski definition) is 3. The van der Waals surface area contributed by atoms with Gasteiger partial charge < -0.3 is 5.32 Å². The van der Waals surface area contributed by atoms with Crippen LogP contribution in [0.25, 0.3) is 0 Å². The minimum absolute atomic E-state index is 0.216. The molecule has 0 aromatic carbocycles. The zero-order valence-electron chi connectivity index (χ0n) is 10.7. The van der Waals surface area contributed by atoms with Gasteiger partial charge in [0, 0.05) is 19.9 Å². The topological polar surface area (TPSA) is 46.9 Å². The van der Waals surface area contributed by atoms with E-state index < -0.39 is 0 Å². The third-order valence-corrected chi connectivity index (χ3v) is 3.19. The van der Waals surface area contributed by atoms with Gasteiger partial charge in [-0.15, -0.1) is 0 Å². The van der Waals surface area contributed by atoms with Gasteiger partial charge >= 0.3 is 0 Å². The number of aryl methyl sites for hydroxylation is 2. The maximum atomic E-state index is 11.8. The second-order valence-corrected chi connectivity index (χ2v) is 4.49. The van der Waals surface area contributed by atoms with E-state index in [0.29, 0.717) is 17.9 Å². The van der Waals surface area contributed by atoms with Crippen molar-refractivity contribution < 1.29 is 4.79 Å². The Morgan fingerprint density at radius 3 is 2.76 bits per heavy atom. The number of Topliss-reactive ketones (excluding diaryl/α,β-unsaturated/α-hetero) is 1. The summed E-state index contributed by atoms with van der Waals surface area (Å²) < 4.78 is 1.72. The first kappa shape index (κ1) is 14.2. The molecule has 0 saturated carbocycles. The quantitative estimate of drug-likeness (QED) is 0.757. The van der Waals surface area contributed by atoms with Crippen molar-refractivity contribution in [2.45, 2.75) is 32.6 Å². The lowest BCUT2D eigenvalue weighted by molar-refractivity contribution is -0.118. The van der Waals surface area contributed by atoms with Gasteiger partial charge in [0.25, 0.3) is 0 Å². The highest BCUT2D eigenvalue weighted by Crippen LogP contribution is 2.21. The molecule has 96 valence electrons. The Hall–Kier alpha value is -0.870. The van der Waals surface area contributed by atoms with E-state index in [1.807, 2.05) is 21.0 Å². The van der Waals surface area contributed by atoms with Gasteiger partial charge in [-0.25, -0.2) is 0 Å². The number of carbonyl (C=O) groups excluding carboxylic acids is 1. The molecule has 0 radical (unpaired) electrons. The average molecular weight is 258 g/mol. The molecule has 0 bridgehead atoms. The Kier molecular flexibility index (Phi) is 5.65. The Morgan fingerprint density at radius 2 is 2.24 bits per heavy atom. The van der Waals surface area contributed by atoms with Gasteiger partial charge in [-0.3, -0.25) is 9.48 Å². The normalized spacial score (nSPS) is 10.8. The number of aromatic nitrogens is 2. The summed E-state index contributed by atoms with van der Waals surface area (Å²) in [6.07, 6.45) is 2.63. The Morgan fingerprint density at radius 1 is 1.53 bits per heavy atom. The summed E-state index contributed by atoms with van der Waals surface area (Å²) in [6.45, 7) is 2.87. The summed E-state index contributed by atoms with van der Waals surface area (Å²) in [4.78, 5) is 11.8.